The molecule has 5 rings (SSSR count). The Labute approximate surface area is 188 Å². The number of piperidine rings is 1. The van der Waals surface area contributed by atoms with Gasteiger partial charge in [-0.1, -0.05) is 12.1 Å². The molecule has 32 heavy (non-hydrogen) atoms. The van der Waals surface area contributed by atoms with Gasteiger partial charge < -0.3 is 9.88 Å². The Balaban J connectivity index is 1.44. The standard InChI is InChI=1S/C23H22N6O2S/c1-2-10-29-22(31)17-9-8-15(13-18(17)24-23(29)32)21(30)27-11-5-6-16(14-27)20-26-25-19-7-3-4-12-28(19)20/h2-4,7-9,12-13,16H,1,5-6,10-11,14H2,(H,24,32). The molecule has 162 valence electrons. The number of nitrogens with zero attached hydrogens (tertiary/aromatic N) is 5. The molecule has 1 fully saturated rings. The fourth-order valence-corrected chi connectivity index (χ4v) is 4.64. The molecule has 4 heterocycles. The highest BCUT2D eigenvalue weighted by Gasteiger charge is 2.28. The maximum Gasteiger partial charge on any atom is 0.262 e. The summed E-state index contributed by atoms with van der Waals surface area (Å²) in [6.07, 6.45) is 5.42. The van der Waals surface area contributed by atoms with Crippen LogP contribution in [0.4, 0.5) is 0 Å². The second-order valence-corrected chi connectivity index (χ2v) is 8.36. The van der Waals surface area contributed by atoms with E-state index in [-0.39, 0.29) is 17.4 Å². The summed E-state index contributed by atoms with van der Waals surface area (Å²) in [5, 5.41) is 9.12. The Kier molecular flexibility index (Phi) is 5.18. The molecule has 1 N–H and O–H groups in total. The molecule has 1 unspecified atom stereocenters. The van der Waals surface area contributed by atoms with E-state index >= 15 is 0 Å². The molecule has 9 heteroatoms. The highest BCUT2D eigenvalue weighted by molar-refractivity contribution is 7.71. The highest BCUT2D eigenvalue weighted by Crippen LogP contribution is 2.27. The van der Waals surface area contributed by atoms with E-state index in [1.54, 1.807) is 24.3 Å². The van der Waals surface area contributed by atoms with Crippen LogP contribution in [0.3, 0.4) is 0 Å². The van der Waals surface area contributed by atoms with Crippen molar-refractivity contribution in [2.45, 2.75) is 25.3 Å². The zero-order chi connectivity index (χ0) is 22.2. The largest absolute Gasteiger partial charge is 0.338 e. The van der Waals surface area contributed by atoms with Crippen molar-refractivity contribution in [3.63, 3.8) is 0 Å². The number of likely N-dealkylation sites (tertiary alicyclic amines) is 1. The van der Waals surface area contributed by atoms with Crippen molar-refractivity contribution in [1.29, 1.82) is 0 Å². The number of amides is 1. The summed E-state index contributed by atoms with van der Waals surface area (Å²) in [7, 11) is 0. The molecular formula is C23H22N6O2S. The van der Waals surface area contributed by atoms with E-state index in [1.807, 2.05) is 33.7 Å². The molecule has 1 aliphatic heterocycles. The van der Waals surface area contributed by atoms with Crippen LogP contribution in [0.5, 0.6) is 0 Å². The second-order valence-electron chi connectivity index (χ2n) is 7.97. The number of allylic oxidation sites excluding steroid dienone is 1. The zero-order valence-electron chi connectivity index (χ0n) is 17.4. The van der Waals surface area contributed by atoms with Crippen LogP contribution in [0.15, 0.2) is 60.0 Å². The summed E-state index contributed by atoms with van der Waals surface area (Å²) in [6, 6.07) is 10.9. The topological polar surface area (TPSA) is 88.3 Å². The fourth-order valence-electron chi connectivity index (χ4n) is 4.38. The average molecular weight is 447 g/mol. The van der Waals surface area contributed by atoms with Gasteiger partial charge in [-0.2, -0.15) is 0 Å². The molecule has 0 bridgehead atoms. The number of aromatic amines is 1. The SMILES string of the molecule is C=CCn1c(=S)[nH]c2cc(C(=O)N3CCCC(c4nnc5ccccn45)C3)ccc2c1=O. The lowest BCUT2D eigenvalue weighted by Crippen LogP contribution is -2.39. The Morgan fingerprint density at radius 3 is 3.00 bits per heavy atom. The summed E-state index contributed by atoms with van der Waals surface area (Å²) in [4.78, 5) is 31.0. The summed E-state index contributed by atoms with van der Waals surface area (Å²) < 4.78 is 3.75. The molecule has 3 aromatic heterocycles. The molecule has 1 aromatic carbocycles. The van der Waals surface area contributed by atoms with Gasteiger partial charge in [0.25, 0.3) is 11.5 Å². The van der Waals surface area contributed by atoms with E-state index in [1.165, 1.54) is 4.57 Å². The Morgan fingerprint density at radius 2 is 2.16 bits per heavy atom. The van der Waals surface area contributed by atoms with Crippen molar-refractivity contribution >= 4 is 34.7 Å². The van der Waals surface area contributed by atoms with Gasteiger partial charge >= 0.3 is 0 Å². The van der Waals surface area contributed by atoms with Crippen molar-refractivity contribution in [1.82, 2.24) is 29.0 Å². The van der Waals surface area contributed by atoms with E-state index in [0.29, 0.717) is 40.9 Å². The van der Waals surface area contributed by atoms with Crippen LogP contribution in [0, 0.1) is 4.77 Å². The Bertz CT molecular complexity index is 1470. The van der Waals surface area contributed by atoms with Crippen molar-refractivity contribution in [3.05, 3.63) is 81.8 Å². The van der Waals surface area contributed by atoms with Gasteiger partial charge in [0.15, 0.2) is 10.4 Å². The number of benzene rings is 1. The summed E-state index contributed by atoms with van der Waals surface area (Å²) in [5.41, 5.74) is 1.69. The third kappa shape index (κ3) is 3.44. The molecule has 8 nitrogen and oxygen atoms in total. The molecular weight excluding hydrogens is 424 g/mol. The van der Waals surface area contributed by atoms with E-state index in [4.69, 9.17) is 12.2 Å². The van der Waals surface area contributed by atoms with Crippen molar-refractivity contribution < 1.29 is 4.79 Å². The molecule has 0 aliphatic carbocycles. The number of hydrogen-bond donors (Lipinski definition) is 1. The third-order valence-electron chi connectivity index (χ3n) is 5.95. The fraction of sp³-hybridized carbons (Fsp3) is 0.261. The van der Waals surface area contributed by atoms with Crippen LogP contribution >= 0.6 is 12.2 Å². The minimum atomic E-state index is -0.195. The quantitative estimate of drug-likeness (QED) is 0.384. The summed E-state index contributed by atoms with van der Waals surface area (Å²) >= 11 is 5.32. The number of carbonyl (C=O) groups is 1. The number of aromatic nitrogens is 5. The van der Waals surface area contributed by atoms with Crippen LogP contribution < -0.4 is 5.56 Å². The summed E-state index contributed by atoms with van der Waals surface area (Å²) in [6.45, 7) is 5.25. The van der Waals surface area contributed by atoms with Crippen LogP contribution in [0.25, 0.3) is 16.6 Å². The van der Waals surface area contributed by atoms with Crippen LogP contribution in [0.1, 0.15) is 34.9 Å². The predicted octanol–water partition coefficient (Wildman–Crippen LogP) is 3.31. The average Bonchev–Trinajstić information content (AvgIpc) is 3.25. The van der Waals surface area contributed by atoms with Gasteiger partial charge in [0.05, 0.1) is 10.9 Å². The molecule has 1 amide bonds. The lowest BCUT2D eigenvalue weighted by atomic mass is 9.96. The number of H-pyrrole nitrogens is 1. The minimum Gasteiger partial charge on any atom is -0.338 e. The zero-order valence-corrected chi connectivity index (χ0v) is 18.2. The number of carbonyl (C=O) groups excluding carboxylic acids is 1. The molecule has 1 saturated heterocycles. The monoisotopic (exact) mass is 446 g/mol. The van der Waals surface area contributed by atoms with Crippen molar-refractivity contribution in [2.24, 2.45) is 0 Å². The van der Waals surface area contributed by atoms with Crippen LogP contribution in [0.2, 0.25) is 0 Å². The molecule has 0 radical (unpaired) electrons. The molecule has 1 atom stereocenters. The van der Waals surface area contributed by atoms with E-state index in [2.05, 4.69) is 21.8 Å². The maximum atomic E-state index is 13.3. The number of rotatable bonds is 4. The lowest BCUT2D eigenvalue weighted by Gasteiger charge is -2.32. The highest BCUT2D eigenvalue weighted by atomic mass is 32.1. The molecule has 4 aromatic rings. The van der Waals surface area contributed by atoms with Gasteiger partial charge in [-0.05, 0) is 55.4 Å². The Hall–Kier alpha value is -3.59. The van der Waals surface area contributed by atoms with Gasteiger partial charge in [0, 0.05) is 37.3 Å². The van der Waals surface area contributed by atoms with Crippen LogP contribution in [-0.2, 0) is 6.54 Å². The predicted molar refractivity (Wildman–Crippen MR) is 124 cm³/mol. The van der Waals surface area contributed by atoms with E-state index in [9.17, 15) is 9.59 Å². The van der Waals surface area contributed by atoms with Crippen molar-refractivity contribution in [3.8, 4) is 0 Å². The van der Waals surface area contributed by atoms with Gasteiger partial charge in [-0.15, -0.1) is 16.8 Å². The number of hydrogen-bond acceptors (Lipinski definition) is 5. The number of nitrogens with one attached hydrogen (secondary N) is 1. The Morgan fingerprint density at radius 1 is 1.28 bits per heavy atom. The van der Waals surface area contributed by atoms with Gasteiger partial charge in [0.2, 0.25) is 0 Å². The lowest BCUT2D eigenvalue weighted by molar-refractivity contribution is 0.0704. The smallest absolute Gasteiger partial charge is 0.262 e. The van der Waals surface area contributed by atoms with Gasteiger partial charge in [0.1, 0.15) is 5.82 Å². The molecule has 1 aliphatic rings. The number of pyridine rings is 1. The van der Waals surface area contributed by atoms with Gasteiger partial charge in [-0.25, -0.2) is 0 Å². The second kappa shape index (κ2) is 8.16. The first-order chi connectivity index (χ1) is 15.6. The first-order valence-corrected chi connectivity index (χ1v) is 10.9. The first-order valence-electron chi connectivity index (χ1n) is 10.5. The summed E-state index contributed by atoms with van der Waals surface area (Å²) in [5.74, 6) is 0.922. The molecule has 0 saturated carbocycles. The normalized spacial score (nSPS) is 16.5. The third-order valence-corrected chi connectivity index (χ3v) is 6.28. The van der Waals surface area contributed by atoms with Crippen molar-refractivity contribution in [2.75, 3.05) is 13.1 Å². The van der Waals surface area contributed by atoms with E-state index < -0.39 is 0 Å². The molecule has 0 spiro atoms. The maximum absolute atomic E-state index is 13.3. The van der Waals surface area contributed by atoms with E-state index in [0.717, 1.165) is 24.3 Å². The minimum absolute atomic E-state index is 0.0694. The van der Waals surface area contributed by atoms with Crippen LogP contribution in [-0.4, -0.2) is 48.0 Å². The first kappa shape index (κ1) is 20.3. The van der Waals surface area contributed by atoms with Gasteiger partial charge in [-0.3, -0.25) is 18.6 Å². The number of fused-ring (bicyclic) bond motifs is 2.